The van der Waals surface area contributed by atoms with Crippen molar-refractivity contribution in [3.05, 3.63) is 0 Å². The van der Waals surface area contributed by atoms with E-state index in [4.69, 9.17) is 5.84 Å². The summed E-state index contributed by atoms with van der Waals surface area (Å²) in [6.07, 6.45) is 0. The average Bonchev–Trinajstić information content (AvgIpc) is 2.27. The van der Waals surface area contributed by atoms with Crippen LogP contribution in [0.2, 0.25) is 0 Å². The highest BCUT2D eigenvalue weighted by atomic mass is 32.2. The van der Waals surface area contributed by atoms with Gasteiger partial charge in [-0.3, -0.25) is 19.3 Å². The summed E-state index contributed by atoms with van der Waals surface area (Å²) in [5, 5.41) is 0. The highest BCUT2D eigenvalue weighted by Gasteiger charge is 2.27. The minimum atomic E-state index is -0.670. The molecule has 2 unspecified atom stereocenters. The number of hydrogen-bond acceptors (Lipinski definition) is 4. The van der Waals surface area contributed by atoms with E-state index in [-0.39, 0.29) is 17.9 Å². The molecular formula is C9H19N3O2S. The molecule has 1 aliphatic rings. The van der Waals surface area contributed by atoms with Crippen LogP contribution in [0.3, 0.4) is 0 Å². The fraction of sp³-hybridized carbons (Fsp3) is 0.889. The van der Waals surface area contributed by atoms with Crippen molar-refractivity contribution < 1.29 is 9.00 Å². The number of hydrogen-bond donors (Lipinski definition) is 2. The zero-order chi connectivity index (χ0) is 11.4. The lowest BCUT2D eigenvalue weighted by molar-refractivity contribution is -0.126. The standard InChI is InChI=1S/C9H19N3O2S/c1-7(9(13)11-10)8(2)12-3-5-15(14)6-4-12/h7-8H,3-6,10H2,1-2H3,(H,11,13). The van der Waals surface area contributed by atoms with Crippen molar-refractivity contribution >= 4 is 16.7 Å². The fourth-order valence-electron chi connectivity index (χ4n) is 1.73. The SMILES string of the molecule is CC(C(=O)NN)C(C)N1CCS(=O)CC1. The van der Waals surface area contributed by atoms with E-state index in [1.165, 1.54) is 0 Å². The Hall–Kier alpha value is -0.460. The first-order valence-electron chi connectivity index (χ1n) is 5.15. The molecule has 0 saturated carbocycles. The molecule has 0 bridgehead atoms. The van der Waals surface area contributed by atoms with Gasteiger partial charge >= 0.3 is 0 Å². The second-order valence-electron chi connectivity index (χ2n) is 3.92. The van der Waals surface area contributed by atoms with Gasteiger partial charge in [-0.05, 0) is 6.92 Å². The first kappa shape index (κ1) is 12.6. The summed E-state index contributed by atoms with van der Waals surface area (Å²) in [6, 6.07) is 0.144. The topological polar surface area (TPSA) is 75.4 Å². The summed E-state index contributed by atoms with van der Waals surface area (Å²) in [4.78, 5) is 13.5. The van der Waals surface area contributed by atoms with E-state index >= 15 is 0 Å². The van der Waals surface area contributed by atoms with Crippen LogP contribution in [0.25, 0.3) is 0 Å². The van der Waals surface area contributed by atoms with E-state index < -0.39 is 10.8 Å². The second-order valence-corrected chi connectivity index (χ2v) is 5.62. The lowest BCUT2D eigenvalue weighted by Gasteiger charge is -2.34. The molecule has 1 fully saturated rings. The molecule has 3 N–H and O–H groups in total. The molecule has 1 saturated heterocycles. The second kappa shape index (κ2) is 5.58. The summed E-state index contributed by atoms with van der Waals surface area (Å²) >= 11 is 0. The Morgan fingerprint density at radius 3 is 2.40 bits per heavy atom. The molecule has 0 spiro atoms. The number of carbonyl (C=O) groups excluding carboxylic acids is 1. The maximum atomic E-state index is 11.3. The highest BCUT2D eigenvalue weighted by Crippen LogP contribution is 2.13. The van der Waals surface area contributed by atoms with Crippen LogP contribution in [-0.4, -0.2) is 45.7 Å². The molecule has 1 amide bonds. The van der Waals surface area contributed by atoms with E-state index in [0.29, 0.717) is 11.5 Å². The Bertz CT molecular complexity index is 250. The van der Waals surface area contributed by atoms with Gasteiger partial charge in [-0.15, -0.1) is 0 Å². The Kier molecular flexibility index (Phi) is 4.69. The molecule has 0 radical (unpaired) electrons. The third-order valence-corrected chi connectivity index (χ3v) is 4.34. The third-order valence-electron chi connectivity index (χ3n) is 3.07. The van der Waals surface area contributed by atoms with Gasteiger partial charge in [-0.2, -0.15) is 0 Å². The number of amides is 1. The van der Waals surface area contributed by atoms with E-state index in [2.05, 4.69) is 10.3 Å². The molecule has 6 heteroatoms. The van der Waals surface area contributed by atoms with E-state index in [1.807, 2.05) is 13.8 Å². The van der Waals surface area contributed by atoms with Crippen LogP contribution < -0.4 is 11.3 Å². The van der Waals surface area contributed by atoms with Gasteiger partial charge in [0, 0.05) is 41.4 Å². The van der Waals surface area contributed by atoms with Crippen molar-refractivity contribution in [2.24, 2.45) is 11.8 Å². The molecule has 0 aromatic carbocycles. The minimum Gasteiger partial charge on any atom is -0.298 e. The van der Waals surface area contributed by atoms with E-state index in [0.717, 1.165) is 13.1 Å². The number of nitrogens with two attached hydrogens (primary N) is 1. The van der Waals surface area contributed by atoms with Gasteiger partial charge in [0.2, 0.25) is 5.91 Å². The summed E-state index contributed by atoms with van der Waals surface area (Å²) < 4.78 is 11.2. The maximum absolute atomic E-state index is 11.3. The molecule has 0 aromatic rings. The van der Waals surface area contributed by atoms with Gasteiger partial charge in [0.25, 0.3) is 0 Å². The Balaban J connectivity index is 2.49. The normalized spacial score (nSPS) is 23.4. The number of hydrazine groups is 1. The zero-order valence-electron chi connectivity index (χ0n) is 9.23. The van der Waals surface area contributed by atoms with Gasteiger partial charge in [-0.25, -0.2) is 5.84 Å². The highest BCUT2D eigenvalue weighted by molar-refractivity contribution is 7.85. The van der Waals surface area contributed by atoms with E-state index in [1.54, 1.807) is 0 Å². The van der Waals surface area contributed by atoms with Crippen molar-refractivity contribution in [2.75, 3.05) is 24.6 Å². The molecule has 5 nitrogen and oxygen atoms in total. The van der Waals surface area contributed by atoms with Crippen molar-refractivity contribution in [3.8, 4) is 0 Å². The molecule has 2 atom stereocenters. The van der Waals surface area contributed by atoms with Gasteiger partial charge in [-0.1, -0.05) is 6.92 Å². The summed E-state index contributed by atoms with van der Waals surface area (Å²) in [5.74, 6) is 6.23. The van der Waals surface area contributed by atoms with Crippen LogP contribution in [0.5, 0.6) is 0 Å². The number of rotatable bonds is 3. The summed E-state index contributed by atoms with van der Waals surface area (Å²) in [6.45, 7) is 5.47. The average molecular weight is 233 g/mol. The molecule has 1 rings (SSSR count). The molecule has 0 aromatic heterocycles. The molecule has 88 valence electrons. The first-order chi connectivity index (χ1) is 7.06. The number of carbonyl (C=O) groups is 1. The van der Waals surface area contributed by atoms with Crippen LogP contribution in [0.15, 0.2) is 0 Å². The number of nitrogens with zero attached hydrogens (tertiary/aromatic N) is 1. The Morgan fingerprint density at radius 1 is 1.40 bits per heavy atom. The van der Waals surface area contributed by atoms with Gasteiger partial charge in [0.1, 0.15) is 0 Å². The van der Waals surface area contributed by atoms with Crippen LogP contribution in [0.1, 0.15) is 13.8 Å². The van der Waals surface area contributed by atoms with Crippen LogP contribution >= 0.6 is 0 Å². The predicted molar refractivity (Wildman–Crippen MR) is 60.4 cm³/mol. The van der Waals surface area contributed by atoms with Gasteiger partial charge in [0.05, 0.1) is 5.92 Å². The summed E-state index contributed by atoms with van der Waals surface area (Å²) in [5.41, 5.74) is 2.17. The first-order valence-corrected chi connectivity index (χ1v) is 6.64. The quantitative estimate of drug-likeness (QED) is 0.375. The smallest absolute Gasteiger partial charge is 0.238 e. The minimum absolute atomic E-state index is 0.137. The molecule has 15 heavy (non-hydrogen) atoms. The van der Waals surface area contributed by atoms with Crippen LogP contribution in [0, 0.1) is 5.92 Å². The Morgan fingerprint density at radius 2 is 1.93 bits per heavy atom. The van der Waals surface area contributed by atoms with Crippen molar-refractivity contribution in [2.45, 2.75) is 19.9 Å². The molecule has 1 heterocycles. The van der Waals surface area contributed by atoms with Crippen molar-refractivity contribution in [3.63, 3.8) is 0 Å². The Labute approximate surface area is 92.8 Å². The lowest BCUT2D eigenvalue weighted by atomic mass is 10.0. The molecule has 0 aliphatic carbocycles. The zero-order valence-corrected chi connectivity index (χ0v) is 10.0. The monoisotopic (exact) mass is 233 g/mol. The molecular weight excluding hydrogens is 214 g/mol. The summed E-state index contributed by atoms with van der Waals surface area (Å²) in [7, 11) is -0.670. The largest absolute Gasteiger partial charge is 0.298 e. The lowest BCUT2D eigenvalue weighted by Crippen LogP contribution is -2.50. The predicted octanol–water partition coefficient (Wildman–Crippen LogP) is -0.935. The van der Waals surface area contributed by atoms with Crippen LogP contribution in [0.4, 0.5) is 0 Å². The van der Waals surface area contributed by atoms with E-state index in [9.17, 15) is 9.00 Å². The third kappa shape index (κ3) is 3.25. The van der Waals surface area contributed by atoms with Gasteiger partial charge < -0.3 is 0 Å². The maximum Gasteiger partial charge on any atom is 0.238 e. The van der Waals surface area contributed by atoms with Gasteiger partial charge in [0.15, 0.2) is 0 Å². The van der Waals surface area contributed by atoms with Crippen molar-refractivity contribution in [1.82, 2.24) is 10.3 Å². The number of nitrogens with one attached hydrogen (secondary N) is 1. The fourth-order valence-corrected chi connectivity index (χ4v) is 2.81. The van der Waals surface area contributed by atoms with Crippen molar-refractivity contribution in [1.29, 1.82) is 0 Å². The van der Waals surface area contributed by atoms with Crippen LogP contribution in [-0.2, 0) is 15.6 Å². The molecule has 1 aliphatic heterocycles.